The van der Waals surface area contributed by atoms with Crippen molar-refractivity contribution >= 4 is 23.6 Å². The van der Waals surface area contributed by atoms with E-state index in [1.54, 1.807) is 26.0 Å². The lowest BCUT2D eigenvalue weighted by molar-refractivity contribution is -0.140. The summed E-state index contributed by atoms with van der Waals surface area (Å²) < 4.78 is 39.3. The zero-order valence-electron chi connectivity index (χ0n) is 24.9. The molecule has 2 amide bonds. The second kappa shape index (κ2) is 14.9. The number of H-pyrrole nitrogens is 1. The summed E-state index contributed by atoms with van der Waals surface area (Å²) in [5.74, 6) is -3.12. The molecule has 2 aromatic carbocycles. The number of amides is 2. The van der Waals surface area contributed by atoms with Crippen LogP contribution < -0.4 is 15.4 Å². The van der Waals surface area contributed by atoms with E-state index in [0.717, 1.165) is 11.6 Å². The van der Waals surface area contributed by atoms with Crippen molar-refractivity contribution in [1.82, 2.24) is 20.6 Å². The summed E-state index contributed by atoms with van der Waals surface area (Å²) in [4.78, 5) is 57.1. The van der Waals surface area contributed by atoms with Crippen molar-refractivity contribution in [2.45, 2.75) is 39.2 Å². The van der Waals surface area contributed by atoms with E-state index in [4.69, 9.17) is 4.74 Å². The molecule has 0 aliphatic carbocycles. The van der Waals surface area contributed by atoms with Crippen molar-refractivity contribution < 1.29 is 37.4 Å². The number of likely N-dealkylation sites (N-methyl/N-ethyl adjacent to an activating group) is 1. The molecule has 0 radical (unpaired) electrons. The van der Waals surface area contributed by atoms with Gasteiger partial charge in [-0.1, -0.05) is 17.7 Å². The molecule has 0 fully saturated rings. The predicted molar refractivity (Wildman–Crippen MR) is 161 cm³/mol. The molecule has 4 rings (SSSR count). The van der Waals surface area contributed by atoms with Crippen LogP contribution in [0, 0.1) is 18.6 Å². The third-order valence-corrected chi connectivity index (χ3v) is 6.82. The number of nitrogens with one attached hydrogen (secondary N) is 3. The highest BCUT2D eigenvalue weighted by molar-refractivity contribution is 5.99. The Hall–Kier alpha value is -5.39. The number of esters is 1. The SMILES string of the molecule is CCNC(=O)[C@H](CCC(=O)OC)NC(=O)c1c[nH]c(-c2cc(Oc3cc(C(=O)Cc4cc(C)ccc4F)ccc3F)ccn2)c1. The fourth-order valence-corrected chi connectivity index (χ4v) is 4.46. The van der Waals surface area contributed by atoms with Gasteiger partial charge in [-0.25, -0.2) is 8.78 Å². The quantitative estimate of drug-likeness (QED) is 0.140. The topological polar surface area (TPSA) is 139 Å². The molecule has 3 N–H and O–H groups in total. The molecule has 0 saturated carbocycles. The highest BCUT2D eigenvalue weighted by Crippen LogP contribution is 2.29. The predicted octanol–water partition coefficient (Wildman–Crippen LogP) is 5.07. The number of hydrogen-bond acceptors (Lipinski definition) is 7. The maximum Gasteiger partial charge on any atom is 0.305 e. The van der Waals surface area contributed by atoms with Crippen LogP contribution in [0.15, 0.2) is 67.0 Å². The number of aromatic amines is 1. The Morgan fingerprint density at radius 1 is 0.978 bits per heavy atom. The van der Waals surface area contributed by atoms with Crippen LogP contribution in [-0.4, -0.2) is 53.2 Å². The molecular weight excluding hydrogens is 586 g/mol. The van der Waals surface area contributed by atoms with E-state index in [1.165, 1.54) is 55.9 Å². The van der Waals surface area contributed by atoms with Crippen LogP contribution in [0.2, 0.25) is 0 Å². The van der Waals surface area contributed by atoms with Gasteiger partial charge in [-0.3, -0.25) is 24.2 Å². The Labute approximate surface area is 258 Å². The van der Waals surface area contributed by atoms with Gasteiger partial charge in [-0.2, -0.15) is 0 Å². The number of methoxy groups -OCH3 is 1. The first-order chi connectivity index (χ1) is 21.6. The van der Waals surface area contributed by atoms with Gasteiger partial charge < -0.3 is 25.1 Å². The third-order valence-electron chi connectivity index (χ3n) is 6.82. The molecule has 0 aliphatic rings. The van der Waals surface area contributed by atoms with Gasteiger partial charge in [0, 0.05) is 43.4 Å². The molecule has 0 aliphatic heterocycles. The lowest BCUT2D eigenvalue weighted by Crippen LogP contribution is -2.46. The van der Waals surface area contributed by atoms with Crippen molar-refractivity contribution in [2.24, 2.45) is 0 Å². The number of benzene rings is 2. The van der Waals surface area contributed by atoms with Gasteiger partial charge in [0.25, 0.3) is 5.91 Å². The fraction of sp³-hybridized carbons (Fsp3) is 0.242. The maximum absolute atomic E-state index is 14.7. The van der Waals surface area contributed by atoms with Crippen LogP contribution in [0.4, 0.5) is 8.78 Å². The minimum absolute atomic E-state index is 0.0502. The standard InChI is InChI=1S/C33H32F2N4O6/c1-4-36-33(43)26(9-10-31(41)44-3)39-32(42)22-14-27(38-18-22)28-17-23(11-12-37-28)45-30-16-20(6-8-25(30)35)29(40)15-21-13-19(2)5-7-24(21)34/h5-8,11-14,16-18,26,38H,4,9-10,15H2,1-3H3,(H,36,43)(H,39,42)/t26-/m0/s1. The second-order valence-corrected chi connectivity index (χ2v) is 10.2. The number of Topliss-reactive ketones (excluding diaryl/α,β-unsaturated/α-hetero) is 1. The molecule has 2 heterocycles. The molecule has 0 spiro atoms. The Morgan fingerprint density at radius 3 is 2.51 bits per heavy atom. The lowest BCUT2D eigenvalue weighted by atomic mass is 10.0. The van der Waals surface area contributed by atoms with Gasteiger partial charge >= 0.3 is 5.97 Å². The van der Waals surface area contributed by atoms with E-state index in [-0.39, 0.29) is 47.5 Å². The third kappa shape index (κ3) is 8.59. The van der Waals surface area contributed by atoms with Crippen LogP contribution in [0.1, 0.15) is 51.6 Å². The molecule has 2 aromatic heterocycles. The number of aromatic nitrogens is 2. The normalized spacial score (nSPS) is 11.4. The van der Waals surface area contributed by atoms with Crippen molar-refractivity contribution in [2.75, 3.05) is 13.7 Å². The Balaban J connectivity index is 1.47. The number of aryl methyl sites for hydroxylation is 1. The Kier molecular flexibility index (Phi) is 10.7. The van der Waals surface area contributed by atoms with Gasteiger partial charge in [0.1, 0.15) is 17.6 Å². The van der Waals surface area contributed by atoms with E-state index in [1.807, 2.05) is 0 Å². The summed E-state index contributed by atoms with van der Waals surface area (Å²) >= 11 is 0. The maximum atomic E-state index is 14.7. The van der Waals surface area contributed by atoms with E-state index >= 15 is 0 Å². The molecule has 12 heteroatoms. The second-order valence-electron chi connectivity index (χ2n) is 10.2. The average Bonchev–Trinajstić information content (AvgIpc) is 3.53. The highest BCUT2D eigenvalue weighted by atomic mass is 19.1. The minimum Gasteiger partial charge on any atom is -0.469 e. The van der Waals surface area contributed by atoms with Crippen LogP contribution in [-0.2, 0) is 20.7 Å². The molecule has 234 valence electrons. The molecule has 4 aromatic rings. The van der Waals surface area contributed by atoms with Crippen molar-refractivity contribution in [3.05, 3.63) is 101 Å². The molecule has 0 unspecified atom stereocenters. The van der Waals surface area contributed by atoms with Gasteiger partial charge in [0.2, 0.25) is 5.91 Å². The number of carbonyl (C=O) groups excluding carboxylic acids is 4. The minimum atomic E-state index is -0.960. The number of pyridine rings is 1. The monoisotopic (exact) mass is 618 g/mol. The van der Waals surface area contributed by atoms with Crippen LogP contribution in [0.5, 0.6) is 11.5 Å². The summed E-state index contributed by atoms with van der Waals surface area (Å²) in [6.07, 6.45) is 2.65. The summed E-state index contributed by atoms with van der Waals surface area (Å²) in [5.41, 5.74) is 2.20. The van der Waals surface area contributed by atoms with Crippen LogP contribution in [0.25, 0.3) is 11.4 Å². The van der Waals surface area contributed by atoms with Crippen LogP contribution >= 0.6 is 0 Å². The largest absolute Gasteiger partial charge is 0.469 e. The highest BCUT2D eigenvalue weighted by Gasteiger charge is 2.23. The number of ketones is 1. The van der Waals surface area contributed by atoms with Crippen LogP contribution in [0.3, 0.4) is 0 Å². The van der Waals surface area contributed by atoms with E-state index < -0.39 is 41.2 Å². The van der Waals surface area contributed by atoms with Crippen molar-refractivity contribution in [3.63, 3.8) is 0 Å². The molecular formula is C33H32F2N4O6. The first kappa shape index (κ1) is 32.5. The Bertz CT molecular complexity index is 1720. The van der Waals surface area contributed by atoms with E-state index in [2.05, 4.69) is 25.3 Å². The number of nitrogens with zero attached hydrogens (tertiary/aromatic N) is 1. The summed E-state index contributed by atoms with van der Waals surface area (Å²) in [7, 11) is 1.24. The first-order valence-electron chi connectivity index (χ1n) is 14.1. The van der Waals surface area contributed by atoms with E-state index in [9.17, 15) is 28.0 Å². The summed E-state index contributed by atoms with van der Waals surface area (Å²) in [5, 5.41) is 5.27. The molecule has 0 saturated heterocycles. The number of hydrogen-bond donors (Lipinski definition) is 3. The first-order valence-corrected chi connectivity index (χ1v) is 14.1. The fourth-order valence-electron chi connectivity index (χ4n) is 4.46. The number of ether oxygens (including phenoxy) is 2. The Morgan fingerprint density at radius 2 is 1.76 bits per heavy atom. The zero-order valence-corrected chi connectivity index (χ0v) is 24.9. The summed E-state index contributed by atoms with van der Waals surface area (Å²) in [6, 6.07) is 11.7. The van der Waals surface area contributed by atoms with Gasteiger partial charge in [0.15, 0.2) is 17.3 Å². The number of carbonyl (C=O) groups is 4. The van der Waals surface area contributed by atoms with Crippen molar-refractivity contribution in [3.8, 4) is 22.9 Å². The average molecular weight is 619 g/mol. The molecule has 0 bridgehead atoms. The number of rotatable bonds is 13. The van der Waals surface area contributed by atoms with Crippen molar-refractivity contribution in [1.29, 1.82) is 0 Å². The molecule has 45 heavy (non-hydrogen) atoms. The van der Waals surface area contributed by atoms with Gasteiger partial charge in [-0.15, -0.1) is 0 Å². The molecule has 1 atom stereocenters. The summed E-state index contributed by atoms with van der Waals surface area (Å²) in [6.45, 7) is 3.88. The lowest BCUT2D eigenvalue weighted by Gasteiger charge is -2.17. The van der Waals surface area contributed by atoms with Gasteiger partial charge in [0.05, 0.1) is 24.1 Å². The smallest absolute Gasteiger partial charge is 0.305 e. The molecule has 10 nitrogen and oxygen atoms in total. The number of halogens is 2. The van der Waals surface area contributed by atoms with E-state index in [0.29, 0.717) is 17.9 Å². The van der Waals surface area contributed by atoms with Gasteiger partial charge in [-0.05, 0) is 62.2 Å². The zero-order chi connectivity index (χ0) is 32.5.